The minimum atomic E-state index is -0.0487. The topological polar surface area (TPSA) is 74.2 Å². The van der Waals surface area contributed by atoms with Crippen molar-refractivity contribution >= 4 is 28.3 Å². The summed E-state index contributed by atoms with van der Waals surface area (Å²) in [7, 11) is 0. The Kier molecular flexibility index (Phi) is 5.01. The van der Waals surface area contributed by atoms with Gasteiger partial charge < -0.3 is 9.80 Å². The Morgan fingerprint density at radius 1 is 1.12 bits per heavy atom. The third-order valence-corrected chi connectivity index (χ3v) is 6.03. The zero-order valence-corrected chi connectivity index (χ0v) is 15.9. The van der Waals surface area contributed by atoms with Gasteiger partial charge in [-0.2, -0.15) is 0 Å². The standard InChI is InChI=1S/C18H24N6OS/c1-13-19-8-7-16(20-13)23-9-11-24(12-10-23)18(25)22-17-21-14-5-3-2-4-6-15(14)26-17/h7-8H,2-6,9-12H2,1H3,(H,21,22,25). The first kappa shape index (κ1) is 17.2. The highest BCUT2D eigenvalue weighted by molar-refractivity contribution is 7.15. The fourth-order valence-corrected chi connectivity index (χ4v) is 4.55. The molecule has 0 bridgehead atoms. The second-order valence-corrected chi connectivity index (χ2v) is 7.90. The number of aromatic nitrogens is 3. The minimum absolute atomic E-state index is 0.0487. The molecular weight excluding hydrogens is 348 g/mol. The maximum absolute atomic E-state index is 12.6. The van der Waals surface area contributed by atoms with E-state index < -0.39 is 0 Å². The zero-order valence-electron chi connectivity index (χ0n) is 15.1. The van der Waals surface area contributed by atoms with Crippen molar-refractivity contribution in [2.45, 2.75) is 39.0 Å². The summed E-state index contributed by atoms with van der Waals surface area (Å²) in [5, 5.41) is 3.75. The first-order valence-corrected chi connectivity index (χ1v) is 10.1. The fourth-order valence-electron chi connectivity index (χ4n) is 3.51. The summed E-state index contributed by atoms with van der Waals surface area (Å²) in [6.07, 6.45) is 7.63. The number of amides is 2. The van der Waals surface area contributed by atoms with Crippen LogP contribution >= 0.6 is 11.3 Å². The van der Waals surface area contributed by atoms with Crippen molar-refractivity contribution in [1.29, 1.82) is 0 Å². The smallest absolute Gasteiger partial charge is 0.323 e. The predicted octanol–water partition coefficient (Wildman–Crippen LogP) is 2.86. The van der Waals surface area contributed by atoms with Gasteiger partial charge in [-0.05, 0) is 38.7 Å². The second-order valence-electron chi connectivity index (χ2n) is 6.82. The monoisotopic (exact) mass is 372 g/mol. The van der Waals surface area contributed by atoms with Crippen LogP contribution < -0.4 is 10.2 Å². The van der Waals surface area contributed by atoms with E-state index in [4.69, 9.17) is 0 Å². The summed E-state index contributed by atoms with van der Waals surface area (Å²) in [6, 6.07) is 1.87. The SMILES string of the molecule is Cc1nccc(N2CCN(C(=O)Nc3nc4c(s3)CCCCC4)CC2)n1. The average Bonchev–Trinajstić information content (AvgIpc) is 2.90. The molecule has 1 aliphatic heterocycles. The molecule has 2 amide bonds. The minimum Gasteiger partial charge on any atom is -0.353 e. The van der Waals surface area contributed by atoms with E-state index in [9.17, 15) is 4.79 Å². The predicted molar refractivity (Wildman–Crippen MR) is 103 cm³/mol. The molecule has 0 unspecified atom stereocenters. The van der Waals surface area contributed by atoms with Gasteiger partial charge in [0.05, 0.1) is 5.69 Å². The molecule has 0 atom stereocenters. The lowest BCUT2D eigenvalue weighted by Gasteiger charge is -2.35. The zero-order chi connectivity index (χ0) is 17.9. The van der Waals surface area contributed by atoms with Gasteiger partial charge in [0.15, 0.2) is 5.13 Å². The van der Waals surface area contributed by atoms with Crippen LogP contribution in [0.4, 0.5) is 15.7 Å². The molecule has 1 saturated heterocycles. The second kappa shape index (κ2) is 7.57. The third kappa shape index (κ3) is 3.80. The van der Waals surface area contributed by atoms with Crippen molar-refractivity contribution in [2.75, 3.05) is 36.4 Å². The number of hydrogen-bond donors (Lipinski definition) is 1. The summed E-state index contributed by atoms with van der Waals surface area (Å²) in [4.78, 5) is 31.2. The summed E-state index contributed by atoms with van der Waals surface area (Å²) in [5.74, 6) is 1.70. The molecule has 26 heavy (non-hydrogen) atoms. The van der Waals surface area contributed by atoms with Crippen LogP contribution in [0.3, 0.4) is 0 Å². The Morgan fingerprint density at radius 2 is 1.92 bits per heavy atom. The van der Waals surface area contributed by atoms with Gasteiger partial charge in [-0.1, -0.05) is 6.42 Å². The highest BCUT2D eigenvalue weighted by atomic mass is 32.1. The maximum Gasteiger partial charge on any atom is 0.323 e. The van der Waals surface area contributed by atoms with Gasteiger partial charge >= 0.3 is 6.03 Å². The molecule has 2 aromatic rings. The highest BCUT2D eigenvalue weighted by Crippen LogP contribution is 2.29. The molecule has 2 aromatic heterocycles. The van der Waals surface area contributed by atoms with E-state index in [1.165, 1.54) is 29.8 Å². The molecule has 8 heteroatoms. The van der Waals surface area contributed by atoms with Gasteiger partial charge in [0, 0.05) is 37.3 Å². The van der Waals surface area contributed by atoms with Crippen LogP contribution in [0, 0.1) is 6.92 Å². The Balaban J connectivity index is 1.34. The Labute approximate surface area is 157 Å². The van der Waals surface area contributed by atoms with Crippen molar-refractivity contribution in [3.63, 3.8) is 0 Å². The van der Waals surface area contributed by atoms with E-state index in [-0.39, 0.29) is 6.03 Å². The molecular formula is C18H24N6OS. The molecule has 1 aliphatic carbocycles. The van der Waals surface area contributed by atoms with Crippen LogP contribution in [0.2, 0.25) is 0 Å². The molecule has 3 heterocycles. The van der Waals surface area contributed by atoms with Gasteiger partial charge in [0.2, 0.25) is 0 Å². The number of piperazine rings is 1. The van der Waals surface area contributed by atoms with Gasteiger partial charge in [-0.3, -0.25) is 5.32 Å². The third-order valence-electron chi connectivity index (χ3n) is 4.96. The molecule has 0 aromatic carbocycles. The fraction of sp³-hybridized carbons (Fsp3) is 0.556. The van der Waals surface area contributed by atoms with Crippen LogP contribution in [-0.4, -0.2) is 52.1 Å². The highest BCUT2D eigenvalue weighted by Gasteiger charge is 2.23. The molecule has 4 rings (SSSR count). The van der Waals surface area contributed by atoms with Crippen LogP contribution in [-0.2, 0) is 12.8 Å². The first-order chi connectivity index (χ1) is 12.7. The van der Waals surface area contributed by atoms with Crippen molar-refractivity contribution in [2.24, 2.45) is 0 Å². The number of carbonyl (C=O) groups is 1. The van der Waals surface area contributed by atoms with Crippen molar-refractivity contribution in [1.82, 2.24) is 19.9 Å². The van der Waals surface area contributed by atoms with Crippen molar-refractivity contribution < 1.29 is 4.79 Å². The number of aryl methyl sites for hydroxylation is 3. The largest absolute Gasteiger partial charge is 0.353 e. The normalized spacial score (nSPS) is 17.6. The Hall–Kier alpha value is -2.22. The van der Waals surface area contributed by atoms with E-state index in [0.717, 1.165) is 42.7 Å². The molecule has 2 aliphatic rings. The lowest BCUT2D eigenvalue weighted by molar-refractivity contribution is 0.208. The molecule has 0 saturated carbocycles. The lowest BCUT2D eigenvalue weighted by atomic mass is 10.2. The molecule has 0 radical (unpaired) electrons. The maximum atomic E-state index is 12.6. The summed E-state index contributed by atoms with van der Waals surface area (Å²) < 4.78 is 0. The average molecular weight is 372 g/mol. The van der Waals surface area contributed by atoms with Crippen LogP contribution in [0.15, 0.2) is 12.3 Å². The van der Waals surface area contributed by atoms with Gasteiger partial charge in [0.25, 0.3) is 0 Å². The summed E-state index contributed by atoms with van der Waals surface area (Å²) in [5.41, 5.74) is 1.19. The number of thiazole rings is 1. The van der Waals surface area contributed by atoms with Gasteiger partial charge in [0.1, 0.15) is 11.6 Å². The molecule has 138 valence electrons. The Bertz CT molecular complexity index is 760. The number of fused-ring (bicyclic) bond motifs is 1. The van der Waals surface area contributed by atoms with Gasteiger partial charge in [-0.15, -0.1) is 11.3 Å². The summed E-state index contributed by atoms with van der Waals surface area (Å²) >= 11 is 1.64. The number of anilines is 2. The number of hydrogen-bond acceptors (Lipinski definition) is 6. The number of rotatable bonds is 2. The van der Waals surface area contributed by atoms with Gasteiger partial charge in [-0.25, -0.2) is 19.7 Å². The van der Waals surface area contributed by atoms with E-state index in [0.29, 0.717) is 13.1 Å². The van der Waals surface area contributed by atoms with E-state index in [2.05, 4.69) is 25.2 Å². The molecule has 7 nitrogen and oxygen atoms in total. The number of carbonyl (C=O) groups excluding carboxylic acids is 1. The molecule has 1 N–H and O–H groups in total. The molecule has 0 spiro atoms. The van der Waals surface area contributed by atoms with Crippen LogP contribution in [0.1, 0.15) is 35.7 Å². The number of nitrogens with zero attached hydrogens (tertiary/aromatic N) is 5. The van der Waals surface area contributed by atoms with E-state index in [1.54, 1.807) is 17.5 Å². The van der Waals surface area contributed by atoms with Crippen LogP contribution in [0.5, 0.6) is 0 Å². The lowest BCUT2D eigenvalue weighted by Crippen LogP contribution is -2.50. The van der Waals surface area contributed by atoms with Crippen molar-refractivity contribution in [3.05, 3.63) is 28.7 Å². The first-order valence-electron chi connectivity index (χ1n) is 9.28. The molecule has 1 fully saturated rings. The van der Waals surface area contributed by atoms with E-state index >= 15 is 0 Å². The van der Waals surface area contributed by atoms with E-state index in [1.807, 2.05) is 17.9 Å². The quantitative estimate of drug-likeness (QED) is 0.821. The number of nitrogens with one attached hydrogen (secondary N) is 1. The Morgan fingerprint density at radius 3 is 2.73 bits per heavy atom. The van der Waals surface area contributed by atoms with Crippen LogP contribution in [0.25, 0.3) is 0 Å². The number of urea groups is 1. The van der Waals surface area contributed by atoms with Crippen molar-refractivity contribution in [3.8, 4) is 0 Å². The summed E-state index contributed by atoms with van der Waals surface area (Å²) in [6.45, 7) is 4.80.